The zero-order valence-corrected chi connectivity index (χ0v) is 14.5. The third kappa shape index (κ3) is 4.75. The van der Waals surface area contributed by atoms with Crippen LogP contribution in [0.1, 0.15) is 30.9 Å². The smallest absolute Gasteiger partial charge is 0.211 e. The summed E-state index contributed by atoms with van der Waals surface area (Å²) in [5, 5.41) is 0. The Hall–Kier alpha value is -0.470. The number of piperidine rings is 1. The molecular weight excluding hydrogens is 354 g/mol. The highest BCUT2D eigenvalue weighted by atomic mass is 79.9. The first-order valence-electron chi connectivity index (χ1n) is 7.07. The summed E-state index contributed by atoms with van der Waals surface area (Å²) in [6.07, 6.45) is 4.06. The summed E-state index contributed by atoms with van der Waals surface area (Å²) in [5.41, 5.74) is 3.97. The maximum absolute atomic E-state index is 11.7. The number of nitrogens with two attached hydrogens (primary N) is 1. The van der Waals surface area contributed by atoms with E-state index < -0.39 is 10.0 Å². The number of nitrogens with one attached hydrogen (secondary N) is 1. The maximum Gasteiger partial charge on any atom is 0.211 e. The molecule has 1 saturated heterocycles. The highest BCUT2D eigenvalue weighted by Gasteiger charge is 2.27. The molecule has 1 aliphatic heterocycles. The van der Waals surface area contributed by atoms with Gasteiger partial charge in [0.1, 0.15) is 0 Å². The van der Waals surface area contributed by atoms with Gasteiger partial charge in [0.05, 0.1) is 6.26 Å². The summed E-state index contributed by atoms with van der Waals surface area (Å²) in [7, 11) is -3.10. The van der Waals surface area contributed by atoms with Crippen LogP contribution in [-0.2, 0) is 10.0 Å². The van der Waals surface area contributed by atoms with Crippen molar-refractivity contribution in [2.75, 3.05) is 19.3 Å². The van der Waals surface area contributed by atoms with Gasteiger partial charge in [-0.1, -0.05) is 28.1 Å². The SMILES string of the molecule is CS(=O)(=O)N1CCCC(CC(NN)c2cccc(Br)c2)C1. The van der Waals surface area contributed by atoms with E-state index in [-0.39, 0.29) is 6.04 Å². The molecule has 0 aliphatic carbocycles. The molecule has 0 spiro atoms. The fraction of sp³-hybridized carbons (Fsp3) is 0.571. The van der Waals surface area contributed by atoms with Crippen LogP contribution in [0, 0.1) is 5.92 Å². The van der Waals surface area contributed by atoms with Crippen molar-refractivity contribution >= 4 is 26.0 Å². The van der Waals surface area contributed by atoms with Crippen LogP contribution < -0.4 is 11.3 Å². The van der Waals surface area contributed by atoms with Crippen LogP contribution in [0.4, 0.5) is 0 Å². The van der Waals surface area contributed by atoms with E-state index in [1.54, 1.807) is 4.31 Å². The van der Waals surface area contributed by atoms with Crippen molar-refractivity contribution < 1.29 is 8.42 Å². The van der Waals surface area contributed by atoms with Crippen LogP contribution in [0.25, 0.3) is 0 Å². The Kier molecular flexibility index (Phi) is 5.79. The number of sulfonamides is 1. The van der Waals surface area contributed by atoms with Crippen molar-refractivity contribution in [2.24, 2.45) is 11.8 Å². The molecule has 1 aliphatic rings. The summed E-state index contributed by atoms with van der Waals surface area (Å²) < 4.78 is 26.0. The molecule has 3 N–H and O–H groups in total. The zero-order valence-electron chi connectivity index (χ0n) is 12.1. The molecule has 0 radical (unpaired) electrons. The molecule has 118 valence electrons. The van der Waals surface area contributed by atoms with Crippen molar-refractivity contribution in [1.29, 1.82) is 0 Å². The summed E-state index contributed by atoms with van der Waals surface area (Å²) in [6, 6.07) is 8.07. The lowest BCUT2D eigenvalue weighted by Gasteiger charge is -2.33. The van der Waals surface area contributed by atoms with Crippen molar-refractivity contribution in [1.82, 2.24) is 9.73 Å². The molecule has 21 heavy (non-hydrogen) atoms. The highest BCUT2D eigenvalue weighted by molar-refractivity contribution is 9.10. The van der Waals surface area contributed by atoms with Gasteiger partial charge in [-0.25, -0.2) is 12.7 Å². The molecule has 0 saturated carbocycles. The second kappa shape index (κ2) is 7.19. The lowest BCUT2D eigenvalue weighted by molar-refractivity contribution is 0.238. The molecule has 2 atom stereocenters. The van der Waals surface area contributed by atoms with Gasteiger partial charge in [0, 0.05) is 23.6 Å². The Morgan fingerprint density at radius 3 is 2.90 bits per heavy atom. The second-order valence-electron chi connectivity index (χ2n) is 5.64. The van der Waals surface area contributed by atoms with Crippen molar-refractivity contribution in [3.63, 3.8) is 0 Å². The summed E-state index contributed by atoms with van der Waals surface area (Å²) in [4.78, 5) is 0. The Balaban J connectivity index is 2.05. The molecule has 1 fully saturated rings. The van der Waals surface area contributed by atoms with Gasteiger partial charge >= 0.3 is 0 Å². The van der Waals surface area contributed by atoms with E-state index >= 15 is 0 Å². The van der Waals surface area contributed by atoms with Crippen molar-refractivity contribution in [3.05, 3.63) is 34.3 Å². The maximum atomic E-state index is 11.7. The minimum absolute atomic E-state index is 0.0343. The molecule has 7 heteroatoms. The van der Waals surface area contributed by atoms with Gasteiger partial charge in [-0.3, -0.25) is 11.3 Å². The fourth-order valence-electron chi connectivity index (χ4n) is 2.88. The Morgan fingerprint density at radius 1 is 1.52 bits per heavy atom. The van der Waals surface area contributed by atoms with Gasteiger partial charge in [0.2, 0.25) is 10.0 Å². The summed E-state index contributed by atoms with van der Waals surface area (Å²) in [5.74, 6) is 6.02. The normalized spacial score (nSPS) is 22.1. The number of nitrogens with zero attached hydrogens (tertiary/aromatic N) is 1. The van der Waals surface area contributed by atoms with Crippen LogP contribution in [0.5, 0.6) is 0 Å². The number of halogens is 1. The van der Waals surface area contributed by atoms with Gasteiger partial charge in [-0.05, 0) is 42.9 Å². The Labute approximate surface area is 135 Å². The molecule has 0 aromatic heterocycles. The molecule has 1 heterocycles. The minimum Gasteiger partial charge on any atom is -0.271 e. The second-order valence-corrected chi connectivity index (χ2v) is 8.54. The lowest BCUT2D eigenvalue weighted by Crippen LogP contribution is -2.41. The highest BCUT2D eigenvalue weighted by Crippen LogP contribution is 2.29. The van der Waals surface area contributed by atoms with E-state index in [1.807, 2.05) is 24.3 Å². The first kappa shape index (κ1) is 16.9. The number of hydrogen-bond acceptors (Lipinski definition) is 4. The Morgan fingerprint density at radius 2 is 2.29 bits per heavy atom. The number of benzene rings is 1. The fourth-order valence-corrected chi connectivity index (χ4v) is 4.24. The topological polar surface area (TPSA) is 75.4 Å². The van der Waals surface area contributed by atoms with E-state index in [2.05, 4.69) is 21.4 Å². The van der Waals surface area contributed by atoms with Crippen molar-refractivity contribution in [2.45, 2.75) is 25.3 Å². The van der Waals surface area contributed by atoms with Gasteiger partial charge in [-0.2, -0.15) is 0 Å². The monoisotopic (exact) mass is 375 g/mol. The van der Waals surface area contributed by atoms with Crippen LogP contribution in [0.2, 0.25) is 0 Å². The molecule has 1 aromatic carbocycles. The van der Waals surface area contributed by atoms with Crippen LogP contribution in [0.15, 0.2) is 28.7 Å². The number of rotatable bonds is 5. The molecule has 5 nitrogen and oxygen atoms in total. The van der Waals surface area contributed by atoms with E-state index in [4.69, 9.17) is 5.84 Å². The standard InChI is InChI=1S/C14H22BrN3O2S/c1-21(19,20)18-7-3-4-11(10-18)8-14(17-16)12-5-2-6-13(15)9-12/h2,5-6,9,11,14,17H,3-4,7-8,10,16H2,1H3. The van der Waals surface area contributed by atoms with E-state index in [0.717, 1.165) is 29.3 Å². The van der Waals surface area contributed by atoms with Gasteiger partial charge < -0.3 is 0 Å². The largest absolute Gasteiger partial charge is 0.271 e. The molecule has 1 aromatic rings. The number of hydrazine groups is 1. The summed E-state index contributed by atoms with van der Waals surface area (Å²) >= 11 is 3.46. The molecule has 2 unspecified atom stereocenters. The first-order valence-corrected chi connectivity index (χ1v) is 9.71. The molecule has 2 rings (SSSR count). The van der Waals surface area contributed by atoms with Crippen molar-refractivity contribution in [3.8, 4) is 0 Å². The molecule has 0 bridgehead atoms. The third-order valence-electron chi connectivity index (χ3n) is 3.97. The van der Waals surface area contributed by atoms with E-state index in [1.165, 1.54) is 6.26 Å². The van der Waals surface area contributed by atoms with Gasteiger partial charge in [-0.15, -0.1) is 0 Å². The first-order chi connectivity index (χ1) is 9.90. The summed E-state index contributed by atoms with van der Waals surface area (Å²) in [6.45, 7) is 1.22. The zero-order chi connectivity index (χ0) is 15.5. The van der Waals surface area contributed by atoms with Crippen LogP contribution >= 0.6 is 15.9 Å². The molecular formula is C14H22BrN3O2S. The predicted octanol–water partition coefficient (Wildman–Crippen LogP) is 2.02. The Bertz CT molecular complexity index is 579. The average Bonchev–Trinajstić information content (AvgIpc) is 2.44. The van der Waals surface area contributed by atoms with Crippen LogP contribution in [0.3, 0.4) is 0 Å². The van der Waals surface area contributed by atoms with Gasteiger partial charge in [0.25, 0.3) is 0 Å². The predicted molar refractivity (Wildman–Crippen MR) is 88.0 cm³/mol. The van der Waals surface area contributed by atoms with E-state index in [0.29, 0.717) is 19.0 Å². The van der Waals surface area contributed by atoms with Gasteiger partial charge in [0.15, 0.2) is 0 Å². The molecule has 0 amide bonds. The third-order valence-corrected chi connectivity index (χ3v) is 5.73. The van der Waals surface area contributed by atoms with Crippen LogP contribution in [-0.4, -0.2) is 32.1 Å². The average molecular weight is 376 g/mol. The number of hydrogen-bond donors (Lipinski definition) is 2. The lowest BCUT2D eigenvalue weighted by atomic mass is 9.90. The minimum atomic E-state index is -3.10. The van der Waals surface area contributed by atoms with E-state index in [9.17, 15) is 8.42 Å². The quantitative estimate of drug-likeness (QED) is 0.609.